The van der Waals surface area contributed by atoms with Gasteiger partial charge in [-0.05, 0) is 139 Å². The van der Waals surface area contributed by atoms with E-state index >= 15 is 0 Å². The second-order valence-corrected chi connectivity index (χ2v) is 16.5. The molecule has 236 valence electrons. The smallest absolute Gasteiger partial charge is 0.119 e. The fraction of sp³-hybridized carbons (Fsp3) is 0.707. The summed E-state index contributed by atoms with van der Waals surface area (Å²) < 4.78 is 6.06. The lowest BCUT2D eigenvalue weighted by Gasteiger charge is -2.63. The molecule has 1 unspecified atom stereocenters. The fourth-order valence-corrected chi connectivity index (χ4v) is 11.5. The maximum absolute atomic E-state index is 11.4. The number of ether oxygens (including phenoxy) is 1. The van der Waals surface area contributed by atoms with Crippen LogP contribution in [0.2, 0.25) is 0 Å². The van der Waals surface area contributed by atoms with Crippen LogP contribution in [0.15, 0.2) is 54.6 Å². The lowest BCUT2D eigenvalue weighted by Crippen LogP contribution is -2.57. The van der Waals surface area contributed by atoms with Crippen LogP contribution in [0.5, 0.6) is 5.75 Å². The van der Waals surface area contributed by atoms with Crippen molar-refractivity contribution in [2.45, 2.75) is 124 Å². The van der Waals surface area contributed by atoms with Crippen molar-refractivity contribution in [3.63, 3.8) is 0 Å². The van der Waals surface area contributed by atoms with E-state index < -0.39 is 0 Å². The minimum atomic E-state index is -0.167. The van der Waals surface area contributed by atoms with E-state index in [2.05, 4.69) is 83.1 Å². The predicted octanol–water partition coefficient (Wildman–Crippen LogP) is 10.5. The second kappa shape index (κ2) is 12.9. The molecule has 2 nitrogen and oxygen atoms in total. The van der Waals surface area contributed by atoms with Gasteiger partial charge in [-0.3, -0.25) is 0 Å². The molecule has 6 rings (SSSR count). The van der Waals surface area contributed by atoms with E-state index in [0.717, 1.165) is 54.1 Å². The minimum absolute atomic E-state index is 0.167. The Morgan fingerprint density at radius 2 is 1.44 bits per heavy atom. The van der Waals surface area contributed by atoms with Gasteiger partial charge >= 0.3 is 0 Å². The third-order valence-electron chi connectivity index (χ3n) is 13.8. The minimum Gasteiger partial charge on any atom is -0.489 e. The summed E-state index contributed by atoms with van der Waals surface area (Å²) in [5, 5.41) is 11.4. The summed E-state index contributed by atoms with van der Waals surface area (Å²) in [4.78, 5) is 0. The first-order valence-corrected chi connectivity index (χ1v) is 18.1. The Hall–Kier alpha value is -1.80. The molecule has 0 spiro atoms. The Bertz CT molecular complexity index is 1170. The average molecular weight is 585 g/mol. The van der Waals surface area contributed by atoms with E-state index in [-0.39, 0.29) is 6.10 Å². The highest BCUT2D eigenvalue weighted by Crippen LogP contribution is 2.69. The Morgan fingerprint density at radius 1 is 0.744 bits per heavy atom. The van der Waals surface area contributed by atoms with E-state index in [0.29, 0.717) is 29.3 Å². The Labute approximate surface area is 263 Å². The maximum atomic E-state index is 11.4. The van der Waals surface area contributed by atoms with Crippen LogP contribution in [0, 0.1) is 58.2 Å². The monoisotopic (exact) mass is 584 g/mol. The molecule has 0 bridgehead atoms. The van der Waals surface area contributed by atoms with Gasteiger partial charge in [0.2, 0.25) is 0 Å². The highest BCUT2D eigenvalue weighted by Gasteiger charge is 2.61. The predicted molar refractivity (Wildman–Crippen MR) is 179 cm³/mol. The molecule has 43 heavy (non-hydrogen) atoms. The number of rotatable bonds is 10. The molecule has 2 aromatic rings. The first kappa shape index (κ1) is 31.2. The Balaban J connectivity index is 1.11. The third-order valence-corrected chi connectivity index (χ3v) is 13.8. The van der Waals surface area contributed by atoms with Gasteiger partial charge in [-0.2, -0.15) is 0 Å². The van der Waals surface area contributed by atoms with E-state index in [9.17, 15) is 5.11 Å². The Morgan fingerprint density at radius 3 is 2.19 bits per heavy atom. The summed E-state index contributed by atoms with van der Waals surface area (Å²) >= 11 is 0. The largest absolute Gasteiger partial charge is 0.489 e. The van der Waals surface area contributed by atoms with Crippen molar-refractivity contribution >= 4 is 0 Å². The normalized spacial score (nSPS) is 37.8. The van der Waals surface area contributed by atoms with Gasteiger partial charge in [0.05, 0.1) is 6.10 Å². The molecule has 4 aliphatic carbocycles. The van der Waals surface area contributed by atoms with Crippen molar-refractivity contribution in [1.29, 1.82) is 0 Å². The highest BCUT2D eigenvalue weighted by atomic mass is 16.5. The molecule has 1 N–H and O–H groups in total. The van der Waals surface area contributed by atoms with Crippen LogP contribution in [-0.2, 0) is 13.0 Å². The molecular formula is C41H60O2. The van der Waals surface area contributed by atoms with Gasteiger partial charge < -0.3 is 9.84 Å². The molecule has 4 saturated carbocycles. The SMILES string of the molecule is CC(C)CCC[C@@H](C)[C@H]1CC[C@H]2[C@@H]3CCC4[C@H](Cc5ccc(OCc6ccccc6)cc5)[C@H](O)CC[C@]4(C)[C@H]3CC[C@]12C. The van der Waals surface area contributed by atoms with Crippen LogP contribution in [0.1, 0.15) is 116 Å². The van der Waals surface area contributed by atoms with Crippen molar-refractivity contribution in [3.8, 4) is 5.75 Å². The van der Waals surface area contributed by atoms with Gasteiger partial charge in [0.15, 0.2) is 0 Å². The van der Waals surface area contributed by atoms with Crippen molar-refractivity contribution in [1.82, 2.24) is 0 Å². The Kier molecular flexibility index (Phi) is 9.36. The van der Waals surface area contributed by atoms with Gasteiger partial charge in [0.25, 0.3) is 0 Å². The fourth-order valence-electron chi connectivity index (χ4n) is 11.5. The second-order valence-electron chi connectivity index (χ2n) is 16.5. The van der Waals surface area contributed by atoms with Crippen molar-refractivity contribution < 1.29 is 9.84 Å². The van der Waals surface area contributed by atoms with Crippen molar-refractivity contribution in [3.05, 3.63) is 65.7 Å². The van der Waals surface area contributed by atoms with Crippen LogP contribution in [-0.4, -0.2) is 11.2 Å². The molecule has 10 atom stereocenters. The van der Waals surface area contributed by atoms with Crippen molar-refractivity contribution in [2.24, 2.45) is 58.2 Å². The lowest BCUT2D eigenvalue weighted by molar-refractivity contribution is -0.152. The molecule has 0 radical (unpaired) electrons. The average Bonchev–Trinajstić information content (AvgIpc) is 3.36. The molecular weight excluding hydrogens is 524 g/mol. The van der Waals surface area contributed by atoms with Crippen molar-refractivity contribution in [2.75, 3.05) is 0 Å². The number of aliphatic hydroxyl groups excluding tert-OH is 1. The van der Waals surface area contributed by atoms with Crippen LogP contribution < -0.4 is 4.74 Å². The molecule has 0 aliphatic heterocycles. The molecule has 4 aliphatic rings. The zero-order valence-electron chi connectivity index (χ0n) is 27.9. The molecule has 4 fully saturated rings. The summed E-state index contributed by atoms with van der Waals surface area (Å²) in [7, 11) is 0. The number of hydrogen-bond acceptors (Lipinski definition) is 2. The van der Waals surface area contributed by atoms with Crippen LogP contribution in [0.25, 0.3) is 0 Å². The van der Waals surface area contributed by atoms with E-state index in [4.69, 9.17) is 4.74 Å². The summed E-state index contributed by atoms with van der Waals surface area (Å²) in [6, 6.07) is 19.1. The van der Waals surface area contributed by atoms with Gasteiger partial charge in [-0.1, -0.05) is 96.3 Å². The van der Waals surface area contributed by atoms with Gasteiger partial charge in [0, 0.05) is 0 Å². The number of benzene rings is 2. The summed E-state index contributed by atoms with van der Waals surface area (Å²) in [6.45, 7) is 13.3. The number of aliphatic hydroxyl groups is 1. The number of fused-ring (bicyclic) bond motifs is 5. The molecule has 0 heterocycles. The molecule has 2 heteroatoms. The summed E-state index contributed by atoms with van der Waals surface area (Å²) in [5.41, 5.74) is 3.48. The van der Waals surface area contributed by atoms with Gasteiger partial charge in [-0.25, -0.2) is 0 Å². The zero-order valence-corrected chi connectivity index (χ0v) is 27.9. The first-order valence-electron chi connectivity index (χ1n) is 18.1. The van der Waals surface area contributed by atoms with Gasteiger partial charge in [0.1, 0.15) is 12.4 Å². The van der Waals surface area contributed by atoms with E-state index in [1.807, 2.05) is 6.07 Å². The quantitative estimate of drug-likeness (QED) is 0.301. The van der Waals surface area contributed by atoms with Crippen LogP contribution >= 0.6 is 0 Å². The van der Waals surface area contributed by atoms with E-state index in [1.165, 1.54) is 75.3 Å². The summed E-state index contributed by atoms with van der Waals surface area (Å²) in [5.74, 6) is 7.27. The standard InChI is InChI=1S/C41H60O2/c1-28(2)10-9-11-29(3)35-20-21-36-33-18-19-37-34(39(42)23-25-41(37,5)38(33)22-24-40(35,36)4)26-30-14-16-32(17-15-30)43-27-31-12-7-6-8-13-31/h6-8,12-17,28-29,33-39,42H,9-11,18-27H2,1-5H3/t29-,33+,34+,35-,36+,37?,38+,39-,40-,41+/m1/s1. The molecule has 0 amide bonds. The zero-order chi connectivity index (χ0) is 30.2. The number of hydrogen-bond donors (Lipinski definition) is 1. The lowest BCUT2D eigenvalue weighted by atomic mass is 9.42. The highest BCUT2D eigenvalue weighted by molar-refractivity contribution is 5.28. The maximum Gasteiger partial charge on any atom is 0.119 e. The van der Waals surface area contributed by atoms with Crippen LogP contribution in [0.4, 0.5) is 0 Å². The molecule has 0 saturated heterocycles. The van der Waals surface area contributed by atoms with Crippen LogP contribution in [0.3, 0.4) is 0 Å². The molecule has 0 aromatic heterocycles. The third kappa shape index (κ3) is 6.21. The first-order chi connectivity index (χ1) is 20.7. The van der Waals surface area contributed by atoms with E-state index in [1.54, 1.807) is 0 Å². The topological polar surface area (TPSA) is 29.5 Å². The summed E-state index contributed by atoms with van der Waals surface area (Å²) in [6.07, 6.45) is 15.8. The van der Waals surface area contributed by atoms with Gasteiger partial charge in [-0.15, -0.1) is 0 Å². The molecule has 2 aromatic carbocycles.